The molecule has 1 saturated heterocycles. The molecule has 1 heterocycles. The van der Waals surface area contributed by atoms with Crippen LogP contribution in [-0.4, -0.2) is 45.0 Å². The van der Waals surface area contributed by atoms with Crippen molar-refractivity contribution in [3.8, 4) is 5.75 Å². The highest BCUT2D eigenvalue weighted by Gasteiger charge is 2.32. The van der Waals surface area contributed by atoms with Crippen LogP contribution in [0, 0.1) is 0 Å². The Labute approximate surface area is 145 Å². The van der Waals surface area contributed by atoms with Crippen LogP contribution < -0.4 is 10.1 Å². The Morgan fingerprint density at radius 1 is 1.22 bits per heavy atom. The summed E-state index contributed by atoms with van der Waals surface area (Å²) in [6.45, 7) is 6.86. The van der Waals surface area contributed by atoms with E-state index in [1.165, 1.54) is 0 Å². The van der Waals surface area contributed by atoms with Crippen LogP contribution in [0.1, 0.15) is 33.1 Å². The minimum atomic E-state index is -3.45. The standard InChI is InChI=1S/C16H26N2O3S.ClH/c1-3-11-18(14-9-10-17-13-14)22(19,20)16-7-5-15(6-8-16)21-12-4-2;/h5-8,14,17H,3-4,9-13H2,1-2H3;1H. The average molecular weight is 363 g/mol. The summed E-state index contributed by atoms with van der Waals surface area (Å²) in [4.78, 5) is 0.344. The quantitative estimate of drug-likeness (QED) is 0.772. The molecule has 5 nitrogen and oxygen atoms in total. The number of benzene rings is 1. The zero-order valence-electron chi connectivity index (χ0n) is 13.8. The molecule has 1 aliphatic heterocycles. The van der Waals surface area contributed by atoms with Gasteiger partial charge in [0.05, 0.1) is 11.5 Å². The molecule has 1 aromatic carbocycles. The summed E-state index contributed by atoms with van der Waals surface area (Å²) < 4.78 is 32.9. The van der Waals surface area contributed by atoms with Crippen molar-refractivity contribution in [3.63, 3.8) is 0 Å². The topological polar surface area (TPSA) is 58.6 Å². The number of nitrogens with zero attached hydrogens (tertiary/aromatic N) is 1. The molecule has 1 aliphatic rings. The number of sulfonamides is 1. The van der Waals surface area contributed by atoms with E-state index in [9.17, 15) is 8.42 Å². The lowest BCUT2D eigenvalue weighted by molar-refractivity contribution is 0.317. The predicted molar refractivity (Wildman–Crippen MR) is 94.9 cm³/mol. The van der Waals surface area contributed by atoms with Crippen molar-refractivity contribution in [1.82, 2.24) is 9.62 Å². The van der Waals surface area contributed by atoms with Crippen LogP contribution in [0.4, 0.5) is 0 Å². The molecule has 0 aromatic heterocycles. The molecule has 0 spiro atoms. The van der Waals surface area contributed by atoms with Gasteiger partial charge in [-0.25, -0.2) is 8.42 Å². The Balaban J connectivity index is 0.00000264. The first kappa shape index (κ1) is 20.2. The molecule has 7 heteroatoms. The zero-order valence-corrected chi connectivity index (χ0v) is 15.5. The van der Waals surface area contributed by atoms with E-state index in [1.54, 1.807) is 28.6 Å². The molecule has 0 saturated carbocycles. The smallest absolute Gasteiger partial charge is 0.243 e. The molecule has 0 aliphatic carbocycles. The van der Waals surface area contributed by atoms with Crippen LogP contribution in [0.25, 0.3) is 0 Å². The van der Waals surface area contributed by atoms with E-state index in [1.807, 2.05) is 13.8 Å². The predicted octanol–water partition coefficient (Wildman–Crippen LogP) is 2.66. The molecule has 1 unspecified atom stereocenters. The summed E-state index contributed by atoms with van der Waals surface area (Å²) in [5.41, 5.74) is 0. The van der Waals surface area contributed by atoms with Crippen molar-refractivity contribution < 1.29 is 13.2 Å². The summed E-state index contributed by atoms with van der Waals surface area (Å²) in [5, 5.41) is 3.24. The maximum atomic E-state index is 12.9. The first-order valence-corrected chi connectivity index (χ1v) is 9.49. The third-order valence-corrected chi connectivity index (χ3v) is 5.75. The molecule has 0 amide bonds. The second-order valence-electron chi connectivity index (χ2n) is 5.58. The lowest BCUT2D eigenvalue weighted by Gasteiger charge is -2.27. The summed E-state index contributed by atoms with van der Waals surface area (Å²) in [6.07, 6.45) is 2.61. The number of hydrogen-bond donors (Lipinski definition) is 1. The molecule has 1 fully saturated rings. The zero-order chi connectivity index (χ0) is 16.0. The minimum absolute atomic E-state index is 0. The molecule has 1 atom stereocenters. The Kier molecular flexibility index (Phi) is 8.33. The van der Waals surface area contributed by atoms with Gasteiger partial charge in [0.2, 0.25) is 10.0 Å². The van der Waals surface area contributed by atoms with Crippen molar-refractivity contribution >= 4 is 22.4 Å². The highest BCUT2D eigenvalue weighted by Crippen LogP contribution is 2.23. The first-order valence-electron chi connectivity index (χ1n) is 8.05. The second kappa shape index (κ2) is 9.47. The highest BCUT2D eigenvalue weighted by atomic mass is 35.5. The Morgan fingerprint density at radius 3 is 2.43 bits per heavy atom. The Hall–Kier alpha value is -0.820. The van der Waals surface area contributed by atoms with E-state index >= 15 is 0 Å². The van der Waals surface area contributed by atoms with Crippen molar-refractivity contribution in [2.24, 2.45) is 0 Å². The van der Waals surface area contributed by atoms with Crippen molar-refractivity contribution in [2.75, 3.05) is 26.2 Å². The van der Waals surface area contributed by atoms with Gasteiger partial charge in [0, 0.05) is 19.1 Å². The third kappa shape index (κ3) is 5.08. The van der Waals surface area contributed by atoms with Crippen molar-refractivity contribution in [3.05, 3.63) is 24.3 Å². The average Bonchev–Trinajstić information content (AvgIpc) is 3.04. The van der Waals surface area contributed by atoms with Gasteiger partial charge in [0.25, 0.3) is 0 Å². The fourth-order valence-corrected chi connectivity index (χ4v) is 4.41. The summed E-state index contributed by atoms with van der Waals surface area (Å²) in [5.74, 6) is 0.713. The third-order valence-electron chi connectivity index (χ3n) is 3.79. The number of hydrogen-bond acceptors (Lipinski definition) is 4. The van der Waals surface area contributed by atoms with E-state index in [-0.39, 0.29) is 18.4 Å². The van der Waals surface area contributed by atoms with Crippen LogP contribution >= 0.6 is 12.4 Å². The van der Waals surface area contributed by atoms with Crippen molar-refractivity contribution in [2.45, 2.75) is 44.0 Å². The van der Waals surface area contributed by atoms with E-state index in [2.05, 4.69) is 5.32 Å². The normalized spacial score (nSPS) is 18.0. The molecule has 2 rings (SSSR count). The van der Waals surface area contributed by atoms with Crippen LogP contribution in [-0.2, 0) is 10.0 Å². The molecule has 23 heavy (non-hydrogen) atoms. The molecule has 1 aromatic rings. The van der Waals surface area contributed by atoms with Gasteiger partial charge in [-0.15, -0.1) is 12.4 Å². The molecular weight excluding hydrogens is 336 g/mol. The molecule has 0 bridgehead atoms. The van der Waals surface area contributed by atoms with Gasteiger partial charge >= 0.3 is 0 Å². The SMILES string of the molecule is CCCOc1ccc(S(=O)(=O)N(CCC)C2CCNC2)cc1.Cl. The number of nitrogens with one attached hydrogen (secondary N) is 1. The van der Waals surface area contributed by atoms with Crippen LogP contribution in [0.5, 0.6) is 5.75 Å². The number of ether oxygens (including phenoxy) is 1. The van der Waals surface area contributed by atoms with E-state index < -0.39 is 10.0 Å². The van der Waals surface area contributed by atoms with Gasteiger partial charge in [-0.05, 0) is 50.1 Å². The summed E-state index contributed by atoms with van der Waals surface area (Å²) in [6, 6.07) is 6.82. The van der Waals surface area contributed by atoms with Crippen LogP contribution in [0.2, 0.25) is 0 Å². The van der Waals surface area contributed by atoms with E-state index in [0.29, 0.717) is 23.8 Å². The maximum absolute atomic E-state index is 12.9. The van der Waals surface area contributed by atoms with Gasteiger partial charge in [-0.2, -0.15) is 4.31 Å². The lowest BCUT2D eigenvalue weighted by atomic mass is 10.2. The van der Waals surface area contributed by atoms with Crippen LogP contribution in [0.3, 0.4) is 0 Å². The van der Waals surface area contributed by atoms with Crippen molar-refractivity contribution in [1.29, 1.82) is 0 Å². The molecular formula is C16H27ClN2O3S. The summed E-state index contributed by atoms with van der Waals surface area (Å²) in [7, 11) is -3.45. The van der Waals surface area contributed by atoms with E-state index in [0.717, 1.165) is 32.4 Å². The van der Waals surface area contributed by atoms with Gasteiger partial charge < -0.3 is 10.1 Å². The monoisotopic (exact) mass is 362 g/mol. The van der Waals surface area contributed by atoms with E-state index in [4.69, 9.17) is 4.74 Å². The molecule has 132 valence electrons. The highest BCUT2D eigenvalue weighted by molar-refractivity contribution is 7.89. The summed E-state index contributed by atoms with van der Waals surface area (Å²) >= 11 is 0. The second-order valence-corrected chi connectivity index (χ2v) is 7.47. The van der Waals surface area contributed by atoms with Gasteiger partial charge in [-0.3, -0.25) is 0 Å². The van der Waals surface area contributed by atoms with Gasteiger partial charge in [0.1, 0.15) is 5.75 Å². The fourth-order valence-electron chi connectivity index (χ4n) is 2.67. The minimum Gasteiger partial charge on any atom is -0.494 e. The number of rotatable bonds is 8. The molecule has 0 radical (unpaired) electrons. The van der Waals surface area contributed by atoms with Crippen LogP contribution in [0.15, 0.2) is 29.2 Å². The number of halogens is 1. The Morgan fingerprint density at radius 2 is 1.91 bits per heavy atom. The largest absolute Gasteiger partial charge is 0.494 e. The lowest BCUT2D eigenvalue weighted by Crippen LogP contribution is -2.41. The first-order chi connectivity index (χ1) is 10.6. The molecule has 1 N–H and O–H groups in total. The maximum Gasteiger partial charge on any atom is 0.243 e. The Bertz CT molecular complexity index is 557. The van der Waals surface area contributed by atoms with Gasteiger partial charge in [-0.1, -0.05) is 13.8 Å². The fraction of sp³-hybridized carbons (Fsp3) is 0.625. The van der Waals surface area contributed by atoms with Gasteiger partial charge in [0.15, 0.2) is 0 Å².